The van der Waals surface area contributed by atoms with Gasteiger partial charge in [0, 0.05) is 11.1 Å². The lowest BCUT2D eigenvalue weighted by Crippen LogP contribution is -2.29. The Kier molecular flexibility index (Phi) is 7.01. The molecule has 1 heterocycles. The van der Waals surface area contributed by atoms with Crippen LogP contribution in [0.5, 0.6) is 17.2 Å². The number of hydrogen-bond donors (Lipinski definition) is 1. The van der Waals surface area contributed by atoms with Crippen molar-refractivity contribution in [3.8, 4) is 17.2 Å². The van der Waals surface area contributed by atoms with E-state index in [1.54, 1.807) is 24.3 Å². The van der Waals surface area contributed by atoms with Gasteiger partial charge in [0.25, 0.3) is 5.91 Å². The third-order valence-corrected chi connectivity index (χ3v) is 5.74. The Morgan fingerprint density at radius 2 is 1.51 bits per heavy atom. The molecule has 1 amide bonds. The zero-order valence-electron chi connectivity index (χ0n) is 20.1. The van der Waals surface area contributed by atoms with Crippen LogP contribution in [0.2, 0.25) is 0 Å². The van der Waals surface area contributed by atoms with E-state index in [2.05, 4.69) is 5.32 Å². The fourth-order valence-electron chi connectivity index (χ4n) is 4.01. The van der Waals surface area contributed by atoms with Gasteiger partial charge in [-0.3, -0.25) is 9.59 Å². The molecule has 8 heteroatoms. The average Bonchev–Trinajstić information content (AvgIpc) is 3.26. The van der Waals surface area contributed by atoms with Crippen LogP contribution in [0, 0.1) is 0 Å². The normalized spacial score (nSPS) is 11.7. The van der Waals surface area contributed by atoms with Crippen molar-refractivity contribution < 1.29 is 23.8 Å². The molecule has 0 fully saturated rings. The molecule has 0 radical (unpaired) electrons. The van der Waals surface area contributed by atoms with E-state index >= 15 is 0 Å². The zero-order chi connectivity index (χ0) is 24.9. The average molecular weight is 474 g/mol. The number of nitrogens with one attached hydrogen (secondary N) is 1. The molecule has 3 aromatic carbocycles. The highest BCUT2D eigenvalue weighted by molar-refractivity contribution is 5.97. The summed E-state index contributed by atoms with van der Waals surface area (Å²) in [5.41, 5.74) is 2.53. The van der Waals surface area contributed by atoms with Gasteiger partial charge in [0.15, 0.2) is 17.3 Å². The van der Waals surface area contributed by atoms with Crippen molar-refractivity contribution >= 4 is 22.7 Å². The van der Waals surface area contributed by atoms with E-state index < -0.39 is 6.04 Å². The van der Waals surface area contributed by atoms with E-state index in [1.165, 1.54) is 21.3 Å². The number of hydrogen-bond acceptors (Lipinski definition) is 6. The number of carbonyl (C=O) groups is 2. The highest BCUT2D eigenvalue weighted by Crippen LogP contribution is 2.38. The van der Waals surface area contributed by atoms with Crippen LogP contribution in [0.15, 0.2) is 66.7 Å². The van der Waals surface area contributed by atoms with Gasteiger partial charge in [-0.2, -0.15) is 0 Å². The lowest BCUT2D eigenvalue weighted by atomic mass is 10.1. The Bertz CT molecular complexity index is 1340. The maximum absolute atomic E-state index is 13.2. The molecular weight excluding hydrogens is 446 g/mol. The molecule has 0 spiro atoms. The topological polar surface area (TPSA) is 91.7 Å². The van der Waals surface area contributed by atoms with Gasteiger partial charge in [0.2, 0.25) is 5.75 Å². The van der Waals surface area contributed by atoms with Crippen LogP contribution >= 0.6 is 0 Å². The van der Waals surface area contributed by atoms with Crippen molar-refractivity contribution in [2.24, 2.45) is 0 Å². The van der Waals surface area contributed by atoms with Crippen LogP contribution in [0.1, 0.15) is 39.5 Å². The molecule has 1 N–H and O–H groups in total. The molecule has 4 rings (SSSR count). The van der Waals surface area contributed by atoms with Gasteiger partial charge in [-0.05, 0) is 31.2 Å². The van der Waals surface area contributed by atoms with Crippen molar-refractivity contribution in [1.29, 1.82) is 0 Å². The fourth-order valence-corrected chi connectivity index (χ4v) is 4.01. The van der Waals surface area contributed by atoms with Gasteiger partial charge in [0.1, 0.15) is 5.82 Å². The number of ether oxygens (including phenoxy) is 3. The molecule has 0 aliphatic heterocycles. The lowest BCUT2D eigenvalue weighted by Gasteiger charge is -2.18. The number of carbonyl (C=O) groups excluding carboxylic acids is 2. The zero-order valence-corrected chi connectivity index (χ0v) is 20.1. The van der Waals surface area contributed by atoms with Crippen LogP contribution in [0.4, 0.5) is 0 Å². The van der Waals surface area contributed by atoms with Crippen LogP contribution in [0.3, 0.4) is 0 Å². The second-order valence-electron chi connectivity index (χ2n) is 7.94. The molecule has 1 unspecified atom stereocenters. The smallest absolute Gasteiger partial charge is 0.252 e. The van der Waals surface area contributed by atoms with Gasteiger partial charge in [0.05, 0.1) is 44.9 Å². The van der Waals surface area contributed by atoms with Crippen molar-refractivity contribution in [2.45, 2.75) is 19.5 Å². The van der Waals surface area contributed by atoms with Crippen molar-refractivity contribution in [2.75, 3.05) is 21.3 Å². The summed E-state index contributed by atoms with van der Waals surface area (Å²) in [5.74, 6) is 1.36. The lowest BCUT2D eigenvalue weighted by molar-refractivity contribution is 0.0937. The number of benzene rings is 3. The molecule has 35 heavy (non-hydrogen) atoms. The minimum atomic E-state index is -0.488. The predicted molar refractivity (Wildman–Crippen MR) is 132 cm³/mol. The highest BCUT2D eigenvalue weighted by Gasteiger charge is 2.23. The van der Waals surface area contributed by atoms with E-state index in [9.17, 15) is 9.59 Å². The first-order valence-electron chi connectivity index (χ1n) is 11.1. The first-order valence-corrected chi connectivity index (χ1v) is 11.1. The molecule has 1 atom stereocenters. The maximum Gasteiger partial charge on any atom is 0.252 e. The molecule has 180 valence electrons. The van der Waals surface area contributed by atoms with E-state index in [4.69, 9.17) is 19.2 Å². The van der Waals surface area contributed by atoms with E-state index in [-0.39, 0.29) is 18.2 Å². The Morgan fingerprint density at radius 3 is 2.14 bits per heavy atom. The number of nitrogens with zero attached hydrogens (tertiary/aromatic N) is 2. The second-order valence-corrected chi connectivity index (χ2v) is 7.94. The molecular formula is C27H27N3O5. The van der Waals surface area contributed by atoms with Crippen molar-refractivity contribution in [1.82, 2.24) is 14.9 Å². The van der Waals surface area contributed by atoms with Gasteiger partial charge < -0.3 is 24.1 Å². The number of imidazole rings is 1. The molecule has 0 bridgehead atoms. The quantitative estimate of drug-likeness (QED) is 0.362. The van der Waals surface area contributed by atoms with Crippen LogP contribution in [0.25, 0.3) is 11.0 Å². The number of aromatic nitrogens is 2. The second kappa shape index (κ2) is 10.3. The van der Waals surface area contributed by atoms with Crippen molar-refractivity contribution in [3.05, 3.63) is 83.7 Å². The number of amides is 1. The molecule has 1 aromatic heterocycles. The van der Waals surface area contributed by atoms with Crippen LogP contribution in [-0.2, 0) is 6.54 Å². The largest absolute Gasteiger partial charge is 0.493 e. The van der Waals surface area contributed by atoms with E-state index in [1.807, 2.05) is 54.0 Å². The number of Topliss-reactive ketones (excluding diaryl/α,β-unsaturated/α-hetero) is 1. The van der Waals surface area contributed by atoms with Gasteiger partial charge in [-0.15, -0.1) is 0 Å². The number of methoxy groups -OCH3 is 3. The summed E-state index contributed by atoms with van der Waals surface area (Å²) in [6.45, 7) is 1.94. The maximum atomic E-state index is 13.2. The highest BCUT2D eigenvalue weighted by atomic mass is 16.5. The summed E-state index contributed by atoms with van der Waals surface area (Å²) in [7, 11) is 4.49. The van der Waals surface area contributed by atoms with Gasteiger partial charge in [-0.1, -0.05) is 42.5 Å². The molecule has 4 aromatic rings. The molecule has 0 saturated heterocycles. The van der Waals surface area contributed by atoms with Gasteiger partial charge in [-0.25, -0.2) is 4.98 Å². The summed E-state index contributed by atoms with van der Waals surface area (Å²) in [6.07, 6.45) is 0. The summed E-state index contributed by atoms with van der Waals surface area (Å²) in [4.78, 5) is 30.9. The van der Waals surface area contributed by atoms with E-state index in [0.717, 1.165) is 11.0 Å². The van der Waals surface area contributed by atoms with Crippen LogP contribution < -0.4 is 19.5 Å². The number of ketones is 1. The fraction of sp³-hybridized carbons (Fsp3) is 0.222. The van der Waals surface area contributed by atoms with Gasteiger partial charge >= 0.3 is 0 Å². The van der Waals surface area contributed by atoms with Crippen LogP contribution in [-0.4, -0.2) is 42.6 Å². The Labute approximate surface area is 203 Å². The minimum absolute atomic E-state index is 0.0434. The van der Waals surface area contributed by atoms with Crippen molar-refractivity contribution in [3.63, 3.8) is 0 Å². The summed E-state index contributed by atoms with van der Waals surface area (Å²) >= 11 is 0. The third-order valence-electron chi connectivity index (χ3n) is 5.74. The Hall–Kier alpha value is -4.33. The predicted octanol–water partition coefficient (Wildman–Crippen LogP) is 4.44. The standard InChI is InChI=1S/C27H27N3O5/c1-17(28-27(32)19-14-23(33-2)25(35-4)24(15-19)34-3)26-29-20-12-8-9-13-21(20)30(26)16-22(31)18-10-6-5-7-11-18/h5-15,17H,16H2,1-4H3,(H,28,32). The number of rotatable bonds is 9. The Balaban J connectivity index is 1.65. The van der Waals surface area contributed by atoms with E-state index in [0.29, 0.717) is 34.2 Å². The Morgan fingerprint density at radius 1 is 0.886 bits per heavy atom. The monoisotopic (exact) mass is 473 g/mol. The minimum Gasteiger partial charge on any atom is -0.493 e. The summed E-state index contributed by atoms with van der Waals surface area (Å²) in [6, 6.07) is 19.4. The first kappa shape index (κ1) is 23.8. The number of para-hydroxylation sites is 2. The summed E-state index contributed by atoms with van der Waals surface area (Å²) in [5, 5.41) is 2.98. The summed E-state index contributed by atoms with van der Waals surface area (Å²) < 4.78 is 17.9. The first-order chi connectivity index (χ1) is 17.0. The molecule has 0 saturated carbocycles. The SMILES string of the molecule is COc1cc(C(=O)NC(C)c2nc3ccccc3n2CC(=O)c2ccccc2)cc(OC)c1OC. The molecule has 8 nitrogen and oxygen atoms in total. The molecule has 0 aliphatic carbocycles. The molecule has 0 aliphatic rings. The number of fused-ring (bicyclic) bond motifs is 1. The third kappa shape index (κ3) is 4.82.